The van der Waals surface area contributed by atoms with Gasteiger partial charge in [-0.05, 0) is 55.5 Å². The molecule has 184 valence electrons. The molecule has 0 unspecified atom stereocenters. The second-order valence-corrected chi connectivity index (χ2v) is 11.2. The Bertz CT molecular complexity index is 1350. The molecule has 35 heavy (non-hydrogen) atoms. The largest absolute Gasteiger partial charge is 0.490 e. The van der Waals surface area contributed by atoms with Crippen molar-refractivity contribution >= 4 is 26.6 Å². The number of nitrogens with one attached hydrogen (secondary N) is 1. The van der Waals surface area contributed by atoms with Gasteiger partial charge in [-0.15, -0.1) is 0 Å². The third kappa shape index (κ3) is 4.89. The van der Waals surface area contributed by atoms with E-state index in [1.54, 1.807) is 12.1 Å². The molecule has 3 aromatic rings. The summed E-state index contributed by atoms with van der Waals surface area (Å²) in [6.45, 7) is 3.28. The number of aromatic nitrogens is 1. The van der Waals surface area contributed by atoms with E-state index in [1.165, 1.54) is 6.42 Å². The molecule has 1 saturated carbocycles. The highest BCUT2D eigenvalue weighted by molar-refractivity contribution is 7.92. The molecular formula is C27H31N3O4S. The number of nitriles is 1. The Labute approximate surface area is 206 Å². The maximum Gasteiger partial charge on any atom is 0.232 e. The molecule has 2 aromatic carbocycles. The van der Waals surface area contributed by atoms with E-state index >= 15 is 0 Å². The van der Waals surface area contributed by atoms with Crippen molar-refractivity contribution in [2.24, 2.45) is 0 Å². The molecular weight excluding hydrogens is 462 g/mol. The average Bonchev–Trinajstić information content (AvgIpc) is 3.12. The first-order chi connectivity index (χ1) is 17.0. The van der Waals surface area contributed by atoms with Crippen LogP contribution in [0.25, 0.3) is 22.2 Å². The Kier molecular flexibility index (Phi) is 6.72. The van der Waals surface area contributed by atoms with Crippen molar-refractivity contribution in [3.8, 4) is 23.1 Å². The van der Waals surface area contributed by atoms with Crippen molar-refractivity contribution in [3.63, 3.8) is 0 Å². The second-order valence-electron chi connectivity index (χ2n) is 9.40. The fourth-order valence-electron chi connectivity index (χ4n) is 4.97. The van der Waals surface area contributed by atoms with Crippen LogP contribution in [0.4, 0.5) is 5.69 Å². The zero-order chi connectivity index (χ0) is 24.4. The molecule has 1 N–H and O–H groups in total. The van der Waals surface area contributed by atoms with E-state index in [4.69, 9.17) is 9.47 Å². The lowest BCUT2D eigenvalue weighted by Crippen LogP contribution is -2.25. The molecule has 1 saturated heterocycles. The Hall–Kier alpha value is -3.02. The summed E-state index contributed by atoms with van der Waals surface area (Å²) in [6, 6.07) is 16.1. The minimum atomic E-state index is -3.36. The highest BCUT2D eigenvalue weighted by Crippen LogP contribution is 2.43. The third-order valence-corrected chi connectivity index (χ3v) is 8.40. The van der Waals surface area contributed by atoms with Crippen LogP contribution in [0.2, 0.25) is 0 Å². The van der Waals surface area contributed by atoms with Crippen molar-refractivity contribution in [2.75, 3.05) is 23.7 Å². The van der Waals surface area contributed by atoms with Crippen molar-refractivity contribution in [3.05, 3.63) is 48.0 Å². The fourth-order valence-corrected chi connectivity index (χ4v) is 6.10. The maximum absolute atomic E-state index is 12.2. The Morgan fingerprint density at radius 1 is 1.11 bits per heavy atom. The van der Waals surface area contributed by atoms with Gasteiger partial charge in [-0.2, -0.15) is 5.26 Å². The lowest BCUT2D eigenvalue weighted by Gasteiger charge is -2.30. The molecule has 5 rings (SSSR count). The number of rotatable bonds is 8. The predicted molar refractivity (Wildman–Crippen MR) is 137 cm³/mol. The van der Waals surface area contributed by atoms with Gasteiger partial charge in [0, 0.05) is 36.0 Å². The van der Waals surface area contributed by atoms with Crippen LogP contribution in [-0.2, 0) is 14.8 Å². The highest BCUT2D eigenvalue weighted by Gasteiger charge is 2.28. The number of ether oxygens (including phenoxy) is 2. The summed E-state index contributed by atoms with van der Waals surface area (Å²) in [7, 11) is -3.36. The molecule has 0 amide bonds. The normalized spacial score (nSPS) is 17.1. The van der Waals surface area contributed by atoms with Gasteiger partial charge >= 0.3 is 0 Å². The minimum absolute atomic E-state index is 0.0849. The molecule has 1 aromatic heterocycles. The van der Waals surface area contributed by atoms with Gasteiger partial charge in [-0.1, -0.05) is 19.1 Å². The van der Waals surface area contributed by atoms with Crippen molar-refractivity contribution in [1.82, 2.24) is 4.57 Å². The summed E-state index contributed by atoms with van der Waals surface area (Å²) in [6.07, 6.45) is 5.77. The fraction of sp³-hybridized carbons (Fsp3) is 0.444. The Balaban J connectivity index is 1.54. The number of hydrogen-bond acceptors (Lipinski definition) is 5. The molecule has 0 bridgehead atoms. The van der Waals surface area contributed by atoms with Crippen LogP contribution in [0.15, 0.2) is 42.5 Å². The van der Waals surface area contributed by atoms with Crippen LogP contribution in [0.3, 0.4) is 0 Å². The maximum atomic E-state index is 12.2. The van der Waals surface area contributed by atoms with Crippen molar-refractivity contribution < 1.29 is 17.9 Å². The van der Waals surface area contributed by atoms with Crippen LogP contribution < -0.4 is 9.46 Å². The summed E-state index contributed by atoms with van der Waals surface area (Å²) in [4.78, 5) is 0. The molecule has 2 fully saturated rings. The molecule has 1 aliphatic heterocycles. The number of hydrogen-bond donors (Lipinski definition) is 1. The standard InChI is InChI=1S/C27H31N3O4S/c1-2-16-35(31,32)29-20-8-6-19(7-9-20)27-25(18-28)24-11-10-23(34-22-12-14-33-15-13-22)17-26(24)30(27)21-4-3-5-21/h6-11,17,21-22,29H,2-5,12-16H2,1H3. The molecule has 2 heterocycles. The first-order valence-corrected chi connectivity index (χ1v) is 14.1. The molecule has 0 atom stereocenters. The lowest BCUT2D eigenvalue weighted by atomic mass is 9.92. The molecule has 8 heteroatoms. The second kappa shape index (κ2) is 9.92. The van der Waals surface area contributed by atoms with Gasteiger partial charge in [0.15, 0.2) is 0 Å². The van der Waals surface area contributed by atoms with Gasteiger partial charge in [0.1, 0.15) is 17.9 Å². The molecule has 0 spiro atoms. The van der Waals surface area contributed by atoms with E-state index in [9.17, 15) is 13.7 Å². The Morgan fingerprint density at radius 2 is 1.86 bits per heavy atom. The lowest BCUT2D eigenvalue weighted by molar-refractivity contribution is 0.0256. The van der Waals surface area contributed by atoms with E-state index in [1.807, 2.05) is 31.2 Å². The van der Waals surface area contributed by atoms with Gasteiger partial charge in [-0.25, -0.2) is 8.42 Å². The van der Waals surface area contributed by atoms with E-state index in [0.717, 1.165) is 66.8 Å². The number of nitrogens with zero attached hydrogens (tertiary/aromatic N) is 2. The van der Waals surface area contributed by atoms with Gasteiger partial charge in [-0.3, -0.25) is 4.72 Å². The van der Waals surface area contributed by atoms with Crippen LogP contribution in [0.1, 0.15) is 57.1 Å². The average molecular weight is 494 g/mol. The molecule has 2 aliphatic rings. The quantitative estimate of drug-likeness (QED) is 0.440. The molecule has 7 nitrogen and oxygen atoms in total. The SMILES string of the molecule is CCCS(=O)(=O)Nc1ccc(-c2c(C#N)c3ccc(OC4CCOCC4)cc3n2C2CCC2)cc1. The first kappa shape index (κ1) is 23.7. The van der Waals surface area contributed by atoms with Gasteiger partial charge in [0.2, 0.25) is 10.0 Å². The summed E-state index contributed by atoms with van der Waals surface area (Å²) >= 11 is 0. The monoisotopic (exact) mass is 493 g/mol. The topological polar surface area (TPSA) is 93.4 Å². The zero-order valence-electron chi connectivity index (χ0n) is 20.0. The summed E-state index contributed by atoms with van der Waals surface area (Å²) < 4.78 is 41.0. The number of fused-ring (bicyclic) bond motifs is 1. The van der Waals surface area contributed by atoms with Gasteiger partial charge in [0.05, 0.1) is 35.7 Å². The van der Waals surface area contributed by atoms with Crippen LogP contribution in [0, 0.1) is 11.3 Å². The summed E-state index contributed by atoms with van der Waals surface area (Å²) in [5.74, 6) is 0.904. The van der Waals surface area contributed by atoms with E-state index in [0.29, 0.717) is 23.7 Å². The van der Waals surface area contributed by atoms with E-state index < -0.39 is 10.0 Å². The van der Waals surface area contributed by atoms with E-state index in [2.05, 4.69) is 21.4 Å². The zero-order valence-corrected chi connectivity index (χ0v) is 20.8. The molecule has 1 aliphatic carbocycles. The van der Waals surface area contributed by atoms with Gasteiger partial charge < -0.3 is 14.0 Å². The predicted octanol–water partition coefficient (Wildman–Crippen LogP) is 5.61. The number of anilines is 1. The van der Waals surface area contributed by atoms with Crippen molar-refractivity contribution in [2.45, 2.75) is 57.6 Å². The highest BCUT2D eigenvalue weighted by atomic mass is 32.2. The number of sulfonamides is 1. The van der Waals surface area contributed by atoms with Gasteiger partial charge in [0.25, 0.3) is 0 Å². The minimum Gasteiger partial charge on any atom is -0.490 e. The van der Waals surface area contributed by atoms with Crippen molar-refractivity contribution in [1.29, 1.82) is 5.26 Å². The van der Waals surface area contributed by atoms with Crippen LogP contribution >= 0.6 is 0 Å². The van der Waals surface area contributed by atoms with Crippen LogP contribution in [-0.4, -0.2) is 38.1 Å². The Morgan fingerprint density at radius 3 is 2.49 bits per heavy atom. The van der Waals surface area contributed by atoms with E-state index in [-0.39, 0.29) is 11.9 Å². The first-order valence-electron chi connectivity index (χ1n) is 12.4. The van der Waals surface area contributed by atoms with Crippen LogP contribution in [0.5, 0.6) is 5.75 Å². The summed E-state index contributed by atoms with van der Waals surface area (Å²) in [5, 5.41) is 11.1. The molecule has 0 radical (unpaired) electrons. The third-order valence-electron chi connectivity index (χ3n) is 6.90. The smallest absolute Gasteiger partial charge is 0.232 e. The number of benzene rings is 2. The summed E-state index contributed by atoms with van der Waals surface area (Å²) in [5.41, 5.74) is 3.97.